The molecule has 256 valence electrons. The second-order valence-electron chi connectivity index (χ2n) is 16.0. The van der Waals surface area contributed by atoms with Crippen LogP contribution < -0.4 is 0 Å². The number of allylic oxidation sites excluding steroid dienone is 3. The van der Waals surface area contributed by atoms with Crippen molar-refractivity contribution in [1.29, 1.82) is 0 Å². The minimum absolute atomic E-state index is 0.212. The van der Waals surface area contributed by atoms with Gasteiger partial charge < -0.3 is 24.5 Å². The van der Waals surface area contributed by atoms with Crippen molar-refractivity contribution in [1.82, 2.24) is 4.98 Å². The fourth-order valence-electron chi connectivity index (χ4n) is 8.91. The lowest BCUT2D eigenvalue weighted by molar-refractivity contribution is -0.164. The zero-order valence-corrected chi connectivity index (χ0v) is 29.0. The van der Waals surface area contributed by atoms with Crippen molar-refractivity contribution in [2.45, 2.75) is 148 Å². The third-order valence-electron chi connectivity index (χ3n) is 12.2. The number of fused-ring (bicyclic) bond motifs is 1. The third kappa shape index (κ3) is 7.12. The van der Waals surface area contributed by atoms with E-state index in [-0.39, 0.29) is 29.5 Å². The zero-order chi connectivity index (χ0) is 33.3. The van der Waals surface area contributed by atoms with Crippen LogP contribution in [-0.4, -0.2) is 51.2 Å². The number of ether oxygens (including phenoxy) is 1. The molecule has 4 aliphatic rings. The van der Waals surface area contributed by atoms with Gasteiger partial charge in [-0.3, -0.25) is 4.79 Å². The molecule has 4 fully saturated rings. The molecule has 1 aromatic rings. The summed E-state index contributed by atoms with van der Waals surface area (Å²) >= 11 is 0. The van der Waals surface area contributed by atoms with Crippen molar-refractivity contribution < 1.29 is 29.3 Å². The van der Waals surface area contributed by atoms with E-state index in [1.54, 1.807) is 13.8 Å². The van der Waals surface area contributed by atoms with Crippen LogP contribution in [0.2, 0.25) is 0 Å². The van der Waals surface area contributed by atoms with Crippen molar-refractivity contribution in [3.8, 4) is 0 Å². The summed E-state index contributed by atoms with van der Waals surface area (Å²) < 4.78 is 12.6. The molecule has 0 aromatic carbocycles. The summed E-state index contributed by atoms with van der Waals surface area (Å²) in [6.45, 7) is 14.4. The van der Waals surface area contributed by atoms with Gasteiger partial charge in [-0.1, -0.05) is 51.5 Å². The van der Waals surface area contributed by atoms with Crippen LogP contribution >= 0.6 is 0 Å². The molecule has 0 unspecified atom stereocenters. The standard InChI is InChI=1S/C39H59NO6/c1-7-8-11-30-23-40-35(45-30)39(19-20-39)34(46-36(44)37(4,5)24-41)17-12-25(2)31-15-16-32-27(10-9-18-38(31,32)6)13-14-28-21-29(42)22-33(43)26(28)3/h13-14,23,25,29,31-34,41-43H,3,7-12,15-22,24H2,1-2,4-6H3/t25-,29-,31-,32+,33+,34-,38-/m1/s1. The zero-order valence-electron chi connectivity index (χ0n) is 29.0. The molecule has 0 saturated heterocycles. The Labute approximate surface area is 276 Å². The monoisotopic (exact) mass is 637 g/mol. The fourth-order valence-corrected chi connectivity index (χ4v) is 8.91. The summed E-state index contributed by atoms with van der Waals surface area (Å²) in [6.07, 6.45) is 18.0. The van der Waals surface area contributed by atoms with E-state index in [1.807, 2.05) is 6.20 Å². The van der Waals surface area contributed by atoms with Crippen LogP contribution in [0.25, 0.3) is 0 Å². The summed E-state index contributed by atoms with van der Waals surface area (Å²) in [5, 5.41) is 30.4. The number of aliphatic hydroxyl groups excluding tert-OH is 3. The van der Waals surface area contributed by atoms with Crippen LogP contribution in [0, 0.1) is 28.6 Å². The van der Waals surface area contributed by atoms with Crippen molar-refractivity contribution in [3.05, 3.63) is 53.3 Å². The number of aryl methyl sites for hydroxylation is 1. The minimum atomic E-state index is -0.963. The van der Waals surface area contributed by atoms with Crippen LogP contribution in [0.3, 0.4) is 0 Å². The van der Waals surface area contributed by atoms with Gasteiger partial charge in [-0.2, -0.15) is 0 Å². The van der Waals surface area contributed by atoms with Gasteiger partial charge in [0.25, 0.3) is 0 Å². The number of carbonyl (C=O) groups is 1. The number of nitrogens with zero attached hydrogens (tertiary/aromatic N) is 1. The summed E-state index contributed by atoms with van der Waals surface area (Å²) in [7, 11) is 0. The largest absolute Gasteiger partial charge is 0.461 e. The van der Waals surface area contributed by atoms with Crippen molar-refractivity contribution >= 4 is 5.97 Å². The van der Waals surface area contributed by atoms with Crippen molar-refractivity contribution in [2.24, 2.45) is 28.6 Å². The van der Waals surface area contributed by atoms with Crippen LogP contribution in [0.5, 0.6) is 0 Å². The number of carbonyl (C=O) groups excluding carboxylic acids is 1. The van der Waals surface area contributed by atoms with Gasteiger partial charge in [0.1, 0.15) is 11.9 Å². The maximum absolute atomic E-state index is 13.3. The third-order valence-corrected chi connectivity index (χ3v) is 12.2. The molecule has 3 N–H and O–H groups in total. The highest BCUT2D eigenvalue weighted by molar-refractivity contribution is 5.76. The Hall–Kier alpha value is -2.22. The highest BCUT2D eigenvalue weighted by Gasteiger charge is 2.57. The summed E-state index contributed by atoms with van der Waals surface area (Å²) in [6, 6.07) is 0. The topological polar surface area (TPSA) is 113 Å². The Morgan fingerprint density at radius 3 is 2.67 bits per heavy atom. The van der Waals surface area contributed by atoms with E-state index in [0.717, 1.165) is 68.3 Å². The molecule has 0 spiro atoms. The molecule has 7 heteroatoms. The number of aliphatic hydroxyl groups is 3. The van der Waals surface area contributed by atoms with Gasteiger partial charge in [0.05, 0.1) is 35.8 Å². The minimum Gasteiger partial charge on any atom is -0.461 e. The molecule has 0 amide bonds. The van der Waals surface area contributed by atoms with E-state index in [1.165, 1.54) is 31.3 Å². The maximum atomic E-state index is 13.3. The molecule has 46 heavy (non-hydrogen) atoms. The number of oxazole rings is 1. The van der Waals surface area contributed by atoms with E-state index in [0.29, 0.717) is 36.5 Å². The van der Waals surface area contributed by atoms with E-state index >= 15 is 0 Å². The Morgan fingerprint density at radius 1 is 1.22 bits per heavy atom. The van der Waals surface area contributed by atoms with Crippen LogP contribution in [0.1, 0.15) is 130 Å². The highest BCUT2D eigenvalue weighted by atomic mass is 16.5. The van der Waals surface area contributed by atoms with Gasteiger partial charge in [-0.25, -0.2) is 4.98 Å². The Balaban J connectivity index is 1.30. The van der Waals surface area contributed by atoms with E-state index in [9.17, 15) is 20.1 Å². The Kier molecular flexibility index (Phi) is 10.8. The van der Waals surface area contributed by atoms with E-state index in [4.69, 9.17) is 14.1 Å². The summed E-state index contributed by atoms with van der Waals surface area (Å²) in [5.41, 5.74) is 2.07. The van der Waals surface area contributed by atoms with Gasteiger partial charge in [-0.05, 0) is 119 Å². The fraction of sp³-hybridized carbons (Fsp3) is 0.744. The molecule has 1 heterocycles. The number of esters is 1. The van der Waals surface area contributed by atoms with Gasteiger partial charge in [-0.15, -0.1) is 0 Å². The number of unbranched alkanes of at least 4 members (excludes halogenated alkanes) is 1. The lowest BCUT2D eigenvalue weighted by Gasteiger charge is -2.44. The molecule has 5 rings (SSSR count). The van der Waals surface area contributed by atoms with Gasteiger partial charge in [0, 0.05) is 12.8 Å². The molecule has 0 bridgehead atoms. The van der Waals surface area contributed by atoms with Crippen LogP contribution in [0.15, 0.2) is 46.1 Å². The number of hydrogen-bond donors (Lipinski definition) is 3. The second-order valence-corrected chi connectivity index (χ2v) is 16.0. The molecular weight excluding hydrogens is 578 g/mol. The first-order valence-corrected chi connectivity index (χ1v) is 18.1. The Morgan fingerprint density at radius 2 is 1.98 bits per heavy atom. The Bertz CT molecular complexity index is 1300. The lowest BCUT2D eigenvalue weighted by atomic mass is 9.60. The molecular formula is C39H59NO6. The average Bonchev–Trinajstić information content (AvgIpc) is 3.54. The quantitative estimate of drug-likeness (QED) is 0.192. The van der Waals surface area contributed by atoms with Crippen molar-refractivity contribution in [3.63, 3.8) is 0 Å². The number of hydrogen-bond acceptors (Lipinski definition) is 7. The normalized spacial score (nSPS) is 32.4. The van der Waals surface area contributed by atoms with Gasteiger partial charge in [0.2, 0.25) is 5.89 Å². The van der Waals surface area contributed by atoms with Gasteiger partial charge >= 0.3 is 5.97 Å². The first kappa shape index (κ1) is 35.1. The number of aromatic nitrogens is 1. The predicted molar refractivity (Wildman–Crippen MR) is 180 cm³/mol. The SMILES string of the molecule is C=C1C(=CC=C2CCC[C@]3(C)[C@@H]([C@H](C)CC[C@@H](OC(=O)C(C)(C)CO)C4(c5ncc(CCCC)o5)CC4)CC[C@@H]23)C[C@@H](O)C[C@@H]1O. The second kappa shape index (κ2) is 14.1. The first-order valence-electron chi connectivity index (χ1n) is 18.1. The predicted octanol–water partition coefficient (Wildman–Crippen LogP) is 7.54. The molecule has 0 radical (unpaired) electrons. The molecule has 1 aromatic heterocycles. The molecule has 0 aliphatic heterocycles. The molecule has 4 aliphatic carbocycles. The summed E-state index contributed by atoms with van der Waals surface area (Å²) in [5.74, 6) is 2.81. The number of rotatable bonds is 13. The van der Waals surface area contributed by atoms with E-state index < -0.39 is 17.6 Å². The maximum Gasteiger partial charge on any atom is 0.314 e. The first-order chi connectivity index (χ1) is 21.8. The lowest BCUT2D eigenvalue weighted by Crippen LogP contribution is -2.39. The molecule has 7 nitrogen and oxygen atoms in total. The average molecular weight is 638 g/mol. The smallest absolute Gasteiger partial charge is 0.314 e. The van der Waals surface area contributed by atoms with Crippen LogP contribution in [-0.2, 0) is 21.4 Å². The van der Waals surface area contributed by atoms with Crippen LogP contribution in [0.4, 0.5) is 0 Å². The molecule has 4 saturated carbocycles. The highest BCUT2D eigenvalue weighted by Crippen LogP contribution is 2.60. The molecule has 7 atom stereocenters. The summed E-state index contributed by atoms with van der Waals surface area (Å²) in [4.78, 5) is 18.0. The van der Waals surface area contributed by atoms with Crippen molar-refractivity contribution in [2.75, 3.05) is 6.61 Å². The van der Waals surface area contributed by atoms with E-state index in [2.05, 4.69) is 39.5 Å². The van der Waals surface area contributed by atoms with Gasteiger partial charge in [0.15, 0.2) is 0 Å².